The fraction of sp³-hybridized carbons (Fsp3) is 0.115. The number of amides is 1. The Kier molecular flexibility index (Phi) is 4.68. The van der Waals surface area contributed by atoms with Crippen molar-refractivity contribution >= 4 is 44.9 Å². The summed E-state index contributed by atoms with van der Waals surface area (Å²) in [6.07, 6.45) is 6.68. The number of aromatic amines is 2. The maximum Gasteiger partial charge on any atom is 0.227 e. The molecule has 10 heteroatoms. The van der Waals surface area contributed by atoms with Crippen molar-refractivity contribution in [2.45, 2.75) is 12.8 Å². The molecule has 1 saturated carbocycles. The number of halogens is 1. The van der Waals surface area contributed by atoms with E-state index in [1.807, 2.05) is 22.9 Å². The molecule has 1 fully saturated rings. The van der Waals surface area contributed by atoms with Gasteiger partial charge >= 0.3 is 0 Å². The van der Waals surface area contributed by atoms with Gasteiger partial charge in [0.1, 0.15) is 17.0 Å². The number of H-pyrrole nitrogens is 2. The number of carbonyl (C=O) groups is 1. The quantitative estimate of drug-likeness (QED) is 0.281. The highest BCUT2D eigenvalue weighted by atomic mass is 32.1. The number of aromatic nitrogens is 6. The van der Waals surface area contributed by atoms with Crippen molar-refractivity contribution in [1.82, 2.24) is 30.1 Å². The number of benzene rings is 1. The average Bonchev–Trinajstić information content (AvgIpc) is 3.27. The summed E-state index contributed by atoms with van der Waals surface area (Å²) in [6.45, 7) is 0. The minimum atomic E-state index is -0.444. The molecule has 0 spiro atoms. The lowest BCUT2D eigenvalue weighted by Gasteiger charge is -2.08. The summed E-state index contributed by atoms with van der Waals surface area (Å²) in [6, 6.07) is 9.02. The third-order valence-electron chi connectivity index (χ3n) is 6.35. The van der Waals surface area contributed by atoms with Gasteiger partial charge in [0, 0.05) is 40.4 Å². The minimum absolute atomic E-state index is 0.0248. The van der Waals surface area contributed by atoms with Crippen LogP contribution in [0.5, 0.6) is 0 Å². The second-order valence-corrected chi connectivity index (χ2v) is 9.58. The number of pyridine rings is 2. The fourth-order valence-corrected chi connectivity index (χ4v) is 5.01. The first kappa shape index (κ1) is 20.9. The molecule has 8 nitrogen and oxygen atoms in total. The van der Waals surface area contributed by atoms with Gasteiger partial charge in [-0.05, 0) is 48.6 Å². The van der Waals surface area contributed by atoms with Crippen LogP contribution < -0.4 is 5.32 Å². The van der Waals surface area contributed by atoms with Crippen LogP contribution in [0.15, 0.2) is 59.7 Å². The highest BCUT2D eigenvalue weighted by molar-refractivity contribution is 7.08. The van der Waals surface area contributed by atoms with Crippen molar-refractivity contribution in [3.8, 4) is 33.9 Å². The largest absolute Gasteiger partial charge is 0.336 e. The molecule has 0 radical (unpaired) electrons. The lowest BCUT2D eigenvalue weighted by molar-refractivity contribution is -0.117. The molecule has 1 aromatic carbocycles. The number of anilines is 1. The van der Waals surface area contributed by atoms with E-state index in [4.69, 9.17) is 4.98 Å². The predicted octanol–water partition coefficient (Wildman–Crippen LogP) is 5.78. The summed E-state index contributed by atoms with van der Waals surface area (Å²) >= 11 is 1.59. The molecule has 0 bridgehead atoms. The summed E-state index contributed by atoms with van der Waals surface area (Å²) in [5, 5.41) is 14.5. The van der Waals surface area contributed by atoms with Gasteiger partial charge in [-0.25, -0.2) is 9.37 Å². The second-order valence-electron chi connectivity index (χ2n) is 8.80. The summed E-state index contributed by atoms with van der Waals surface area (Å²) < 4.78 is 16.0. The second kappa shape index (κ2) is 8.06. The maximum atomic E-state index is 16.0. The predicted molar refractivity (Wildman–Crippen MR) is 137 cm³/mol. The van der Waals surface area contributed by atoms with Crippen LogP contribution >= 0.6 is 11.3 Å². The van der Waals surface area contributed by atoms with Gasteiger partial charge in [0.2, 0.25) is 5.91 Å². The van der Waals surface area contributed by atoms with E-state index in [2.05, 4.69) is 30.5 Å². The number of thiophene rings is 1. The molecule has 5 aromatic heterocycles. The van der Waals surface area contributed by atoms with Crippen molar-refractivity contribution in [3.05, 3.63) is 65.5 Å². The van der Waals surface area contributed by atoms with Crippen LogP contribution in [0.3, 0.4) is 0 Å². The first-order chi connectivity index (χ1) is 17.7. The number of imidazole rings is 1. The molecule has 7 rings (SSSR count). The molecule has 0 aliphatic heterocycles. The average molecular weight is 496 g/mol. The Morgan fingerprint density at radius 1 is 1.08 bits per heavy atom. The molecule has 0 saturated heterocycles. The molecule has 1 aliphatic rings. The van der Waals surface area contributed by atoms with Gasteiger partial charge in [-0.15, -0.1) is 0 Å². The van der Waals surface area contributed by atoms with E-state index >= 15 is 4.39 Å². The zero-order valence-corrected chi connectivity index (χ0v) is 19.6. The van der Waals surface area contributed by atoms with Gasteiger partial charge in [-0.2, -0.15) is 16.4 Å². The standard InChI is InChI=1S/C26H18FN7OS/c27-21-17(15-9-16(11-28-10-15)30-26(35)13-1-2-13)3-4-18-20(21)24(34-33-18)25-31-19-5-7-29-22(23(19)32-25)14-6-8-36-12-14/h3-13H,1-2H2,(H,30,35)(H,31,32)(H,33,34). The van der Waals surface area contributed by atoms with E-state index in [-0.39, 0.29) is 11.8 Å². The van der Waals surface area contributed by atoms with E-state index in [0.717, 1.165) is 29.6 Å². The van der Waals surface area contributed by atoms with Crippen molar-refractivity contribution in [3.63, 3.8) is 0 Å². The lowest BCUT2D eigenvalue weighted by atomic mass is 10.0. The van der Waals surface area contributed by atoms with E-state index in [9.17, 15) is 4.79 Å². The Labute approximate surface area is 207 Å². The summed E-state index contributed by atoms with van der Waals surface area (Å²) in [5.74, 6) is 0.0402. The van der Waals surface area contributed by atoms with Crippen LogP contribution in [-0.4, -0.2) is 36.0 Å². The minimum Gasteiger partial charge on any atom is -0.336 e. The van der Waals surface area contributed by atoms with E-state index < -0.39 is 5.82 Å². The summed E-state index contributed by atoms with van der Waals surface area (Å²) in [5.41, 5.74) is 5.61. The molecule has 3 N–H and O–H groups in total. The Bertz CT molecular complexity index is 1770. The number of hydrogen-bond acceptors (Lipinski definition) is 6. The smallest absolute Gasteiger partial charge is 0.227 e. The molecule has 1 amide bonds. The highest BCUT2D eigenvalue weighted by Crippen LogP contribution is 2.36. The maximum absolute atomic E-state index is 16.0. The summed E-state index contributed by atoms with van der Waals surface area (Å²) in [4.78, 5) is 28.9. The zero-order valence-electron chi connectivity index (χ0n) is 18.7. The fourth-order valence-electron chi connectivity index (χ4n) is 4.37. The van der Waals surface area contributed by atoms with Crippen LogP contribution in [0.1, 0.15) is 12.8 Å². The molecular formula is C26H18FN7OS. The number of carbonyl (C=O) groups excluding carboxylic acids is 1. The van der Waals surface area contributed by atoms with E-state index in [1.165, 1.54) is 0 Å². The van der Waals surface area contributed by atoms with Crippen molar-refractivity contribution in [2.24, 2.45) is 5.92 Å². The first-order valence-corrected chi connectivity index (χ1v) is 12.4. The lowest BCUT2D eigenvalue weighted by Crippen LogP contribution is -2.13. The van der Waals surface area contributed by atoms with Gasteiger partial charge in [0.15, 0.2) is 5.82 Å². The van der Waals surface area contributed by atoms with Gasteiger partial charge in [-0.3, -0.25) is 19.9 Å². The van der Waals surface area contributed by atoms with Gasteiger partial charge < -0.3 is 10.3 Å². The van der Waals surface area contributed by atoms with Crippen molar-refractivity contribution in [1.29, 1.82) is 0 Å². The topological polar surface area (TPSA) is 112 Å². The molecular weight excluding hydrogens is 477 g/mol. The first-order valence-electron chi connectivity index (χ1n) is 11.5. The van der Waals surface area contributed by atoms with Gasteiger partial charge in [0.25, 0.3) is 0 Å². The molecule has 176 valence electrons. The normalized spacial score (nSPS) is 13.5. The van der Waals surface area contributed by atoms with Crippen molar-refractivity contribution < 1.29 is 9.18 Å². The Morgan fingerprint density at radius 3 is 2.83 bits per heavy atom. The Morgan fingerprint density at radius 2 is 2.00 bits per heavy atom. The molecule has 5 heterocycles. The molecule has 6 aromatic rings. The third kappa shape index (κ3) is 3.45. The van der Waals surface area contributed by atoms with Crippen LogP contribution in [0.2, 0.25) is 0 Å². The Balaban J connectivity index is 1.32. The van der Waals surface area contributed by atoms with Crippen LogP contribution in [0.4, 0.5) is 10.1 Å². The van der Waals surface area contributed by atoms with Crippen LogP contribution in [0, 0.1) is 11.7 Å². The Hall–Kier alpha value is -4.44. The molecule has 1 aliphatic carbocycles. The van der Waals surface area contributed by atoms with Crippen LogP contribution in [0.25, 0.3) is 55.8 Å². The number of fused-ring (bicyclic) bond motifs is 2. The SMILES string of the molecule is O=C(Nc1cncc(-c2ccc3[nH]nc(-c4nc5c(-c6ccsc6)nccc5[nH]4)c3c2F)c1)C1CC1. The summed E-state index contributed by atoms with van der Waals surface area (Å²) in [7, 11) is 0. The van der Waals surface area contributed by atoms with E-state index in [1.54, 1.807) is 48.1 Å². The third-order valence-corrected chi connectivity index (χ3v) is 7.03. The number of rotatable bonds is 5. The molecule has 0 unspecified atom stereocenters. The van der Waals surface area contributed by atoms with Crippen molar-refractivity contribution in [2.75, 3.05) is 5.32 Å². The monoisotopic (exact) mass is 495 g/mol. The number of nitrogens with one attached hydrogen (secondary N) is 3. The number of nitrogens with zero attached hydrogens (tertiary/aromatic N) is 4. The van der Waals surface area contributed by atoms with E-state index in [0.29, 0.717) is 44.8 Å². The molecule has 0 atom stereocenters. The van der Waals surface area contributed by atoms with Gasteiger partial charge in [0.05, 0.1) is 34.0 Å². The van der Waals surface area contributed by atoms with Gasteiger partial charge in [-0.1, -0.05) is 0 Å². The highest BCUT2D eigenvalue weighted by Gasteiger charge is 2.29. The zero-order chi connectivity index (χ0) is 24.2. The van der Waals surface area contributed by atoms with Crippen LogP contribution in [-0.2, 0) is 4.79 Å². The number of hydrogen-bond donors (Lipinski definition) is 3. The molecule has 36 heavy (non-hydrogen) atoms.